The maximum Gasteiger partial charge on any atom is 0.123 e. The molecule has 3 aromatic carbocycles. The minimum absolute atomic E-state index is 0.135. The van der Waals surface area contributed by atoms with Crippen LogP contribution < -0.4 is 5.32 Å². The number of aryl methyl sites for hydroxylation is 1. The van der Waals surface area contributed by atoms with Gasteiger partial charge < -0.3 is 5.32 Å². The van der Waals surface area contributed by atoms with Crippen molar-refractivity contribution in [2.75, 3.05) is 5.32 Å². The van der Waals surface area contributed by atoms with Crippen LogP contribution in [0.15, 0.2) is 71.3 Å². The van der Waals surface area contributed by atoms with Gasteiger partial charge in [-0.2, -0.15) is 0 Å². The SMILES string of the molecule is Cc1ccc(Br)c2c(NC(Cc3ccc(F)cc3)c3cc(Cl)cc(Cl)c3)ccnc12. The third kappa shape index (κ3) is 4.61. The van der Waals surface area contributed by atoms with E-state index in [0.29, 0.717) is 16.5 Å². The zero-order chi connectivity index (χ0) is 21.3. The quantitative estimate of drug-likeness (QED) is 0.297. The highest BCUT2D eigenvalue weighted by molar-refractivity contribution is 9.10. The van der Waals surface area contributed by atoms with Gasteiger partial charge in [0.25, 0.3) is 0 Å². The van der Waals surface area contributed by atoms with Crippen LogP contribution >= 0.6 is 39.1 Å². The predicted molar refractivity (Wildman–Crippen MR) is 127 cm³/mol. The summed E-state index contributed by atoms with van der Waals surface area (Å²) in [6.45, 7) is 2.04. The standard InChI is InChI=1S/C24H18BrCl2FN2/c1-14-2-7-20(25)23-21(8-9-29-24(14)23)30-22(10-15-3-5-19(28)6-4-15)16-11-17(26)13-18(27)12-16/h2-9,11-13,22H,10H2,1H3,(H,29,30). The van der Waals surface area contributed by atoms with Gasteiger partial charge in [0.15, 0.2) is 0 Å². The van der Waals surface area contributed by atoms with Crippen molar-refractivity contribution in [2.24, 2.45) is 0 Å². The largest absolute Gasteiger partial charge is 0.377 e. The lowest BCUT2D eigenvalue weighted by Gasteiger charge is -2.23. The Morgan fingerprint density at radius 1 is 1.00 bits per heavy atom. The van der Waals surface area contributed by atoms with E-state index in [-0.39, 0.29) is 11.9 Å². The summed E-state index contributed by atoms with van der Waals surface area (Å²) in [6, 6.07) is 17.9. The van der Waals surface area contributed by atoms with E-state index in [0.717, 1.165) is 37.8 Å². The highest BCUT2D eigenvalue weighted by atomic mass is 79.9. The summed E-state index contributed by atoms with van der Waals surface area (Å²) in [7, 11) is 0. The van der Waals surface area contributed by atoms with E-state index in [4.69, 9.17) is 23.2 Å². The number of rotatable bonds is 5. The van der Waals surface area contributed by atoms with Crippen LogP contribution in [0.5, 0.6) is 0 Å². The summed E-state index contributed by atoms with van der Waals surface area (Å²) in [5.74, 6) is -0.256. The van der Waals surface area contributed by atoms with Crippen molar-refractivity contribution < 1.29 is 4.39 Å². The van der Waals surface area contributed by atoms with Gasteiger partial charge in [0.05, 0.1) is 11.6 Å². The fraction of sp³-hybridized carbons (Fsp3) is 0.125. The molecule has 4 rings (SSSR count). The molecule has 0 fully saturated rings. The number of fused-ring (bicyclic) bond motifs is 1. The molecule has 0 amide bonds. The molecular formula is C24H18BrCl2FN2. The number of benzene rings is 3. The van der Waals surface area contributed by atoms with Gasteiger partial charge in [0.2, 0.25) is 0 Å². The van der Waals surface area contributed by atoms with Crippen LogP contribution in [0.2, 0.25) is 10.0 Å². The van der Waals surface area contributed by atoms with Crippen molar-refractivity contribution >= 4 is 55.7 Å². The maximum atomic E-state index is 13.4. The maximum absolute atomic E-state index is 13.4. The van der Waals surface area contributed by atoms with Crippen LogP contribution in [-0.2, 0) is 6.42 Å². The van der Waals surface area contributed by atoms with E-state index < -0.39 is 0 Å². The van der Waals surface area contributed by atoms with Crippen molar-refractivity contribution in [3.8, 4) is 0 Å². The molecule has 30 heavy (non-hydrogen) atoms. The Kier molecular flexibility index (Phi) is 6.28. The fourth-order valence-electron chi connectivity index (χ4n) is 3.56. The van der Waals surface area contributed by atoms with E-state index in [9.17, 15) is 4.39 Å². The van der Waals surface area contributed by atoms with Gasteiger partial charge in [-0.15, -0.1) is 0 Å². The summed E-state index contributed by atoms with van der Waals surface area (Å²) in [6.07, 6.45) is 2.42. The van der Waals surface area contributed by atoms with Crippen LogP contribution in [-0.4, -0.2) is 4.98 Å². The Morgan fingerprint density at radius 2 is 1.70 bits per heavy atom. The van der Waals surface area contributed by atoms with Gasteiger partial charge in [-0.25, -0.2) is 4.39 Å². The Morgan fingerprint density at radius 3 is 2.40 bits per heavy atom. The average molecular weight is 504 g/mol. The molecule has 0 aliphatic rings. The van der Waals surface area contributed by atoms with Crippen LogP contribution in [0.4, 0.5) is 10.1 Å². The van der Waals surface area contributed by atoms with Gasteiger partial charge in [0.1, 0.15) is 5.82 Å². The monoisotopic (exact) mass is 502 g/mol. The fourth-order valence-corrected chi connectivity index (χ4v) is 4.63. The Labute approximate surface area is 193 Å². The first-order chi connectivity index (χ1) is 14.4. The molecule has 1 aromatic heterocycles. The number of nitrogens with one attached hydrogen (secondary N) is 1. The van der Waals surface area contributed by atoms with E-state index in [1.54, 1.807) is 24.4 Å². The minimum atomic E-state index is -0.256. The molecule has 6 heteroatoms. The molecule has 1 unspecified atom stereocenters. The first kappa shape index (κ1) is 21.1. The molecule has 2 nitrogen and oxygen atoms in total. The molecule has 1 N–H and O–H groups in total. The highest BCUT2D eigenvalue weighted by Crippen LogP contribution is 2.35. The van der Waals surface area contributed by atoms with Crippen molar-refractivity contribution in [1.82, 2.24) is 4.98 Å². The highest BCUT2D eigenvalue weighted by Gasteiger charge is 2.17. The number of nitrogens with zero attached hydrogens (tertiary/aromatic N) is 1. The molecular weight excluding hydrogens is 486 g/mol. The van der Waals surface area contributed by atoms with Crippen molar-refractivity contribution in [3.05, 3.63) is 104 Å². The van der Waals surface area contributed by atoms with Crippen LogP contribution in [0, 0.1) is 12.7 Å². The van der Waals surface area contributed by atoms with Gasteiger partial charge >= 0.3 is 0 Å². The third-order valence-corrected chi connectivity index (χ3v) is 6.11. The summed E-state index contributed by atoms with van der Waals surface area (Å²) in [4.78, 5) is 4.55. The summed E-state index contributed by atoms with van der Waals surface area (Å²) in [5.41, 5.74) is 4.92. The Hall–Kier alpha value is -2.14. The van der Waals surface area contributed by atoms with E-state index in [1.165, 1.54) is 12.1 Å². The van der Waals surface area contributed by atoms with E-state index in [2.05, 4.69) is 26.2 Å². The Balaban J connectivity index is 1.79. The molecule has 152 valence electrons. The number of anilines is 1. The average Bonchev–Trinajstić information content (AvgIpc) is 2.71. The minimum Gasteiger partial charge on any atom is -0.377 e. The number of hydrogen-bond acceptors (Lipinski definition) is 2. The second-order valence-electron chi connectivity index (χ2n) is 7.18. The molecule has 4 aromatic rings. The zero-order valence-corrected chi connectivity index (χ0v) is 19.2. The first-order valence-electron chi connectivity index (χ1n) is 9.41. The van der Waals surface area contributed by atoms with Crippen LogP contribution in [0.3, 0.4) is 0 Å². The number of hydrogen-bond donors (Lipinski definition) is 1. The summed E-state index contributed by atoms with van der Waals surface area (Å²) >= 11 is 16.2. The molecule has 1 heterocycles. The second-order valence-corrected chi connectivity index (χ2v) is 8.90. The molecule has 0 aliphatic heterocycles. The van der Waals surface area contributed by atoms with Gasteiger partial charge in [-0.05, 0) is 72.5 Å². The van der Waals surface area contributed by atoms with Crippen molar-refractivity contribution in [3.63, 3.8) is 0 Å². The normalized spacial score (nSPS) is 12.2. The molecule has 1 atom stereocenters. The number of pyridine rings is 1. The van der Waals surface area contributed by atoms with Gasteiger partial charge in [-0.1, -0.05) is 57.3 Å². The third-order valence-electron chi connectivity index (χ3n) is 5.01. The van der Waals surface area contributed by atoms with Crippen molar-refractivity contribution in [1.29, 1.82) is 0 Å². The second kappa shape index (κ2) is 8.93. The molecule has 0 radical (unpaired) electrons. The summed E-state index contributed by atoms with van der Waals surface area (Å²) in [5, 5.41) is 5.79. The molecule has 0 saturated carbocycles. The smallest absolute Gasteiger partial charge is 0.123 e. The first-order valence-corrected chi connectivity index (χ1v) is 11.0. The van der Waals surface area contributed by atoms with Crippen LogP contribution in [0.25, 0.3) is 10.9 Å². The van der Waals surface area contributed by atoms with Gasteiger partial charge in [-0.3, -0.25) is 4.98 Å². The topological polar surface area (TPSA) is 24.9 Å². The zero-order valence-electron chi connectivity index (χ0n) is 16.1. The lowest BCUT2D eigenvalue weighted by Crippen LogP contribution is -2.14. The molecule has 0 saturated heterocycles. The predicted octanol–water partition coefficient (Wildman–Crippen LogP) is 8.15. The number of halogens is 4. The molecule has 0 bridgehead atoms. The van der Waals surface area contributed by atoms with Gasteiger partial charge in [0, 0.05) is 31.8 Å². The summed E-state index contributed by atoms with van der Waals surface area (Å²) < 4.78 is 14.4. The lowest BCUT2D eigenvalue weighted by molar-refractivity contribution is 0.626. The Bertz CT molecular complexity index is 1190. The molecule has 0 spiro atoms. The van der Waals surface area contributed by atoms with Crippen molar-refractivity contribution in [2.45, 2.75) is 19.4 Å². The number of aromatic nitrogens is 1. The molecule has 0 aliphatic carbocycles. The lowest BCUT2D eigenvalue weighted by atomic mass is 9.98. The van der Waals surface area contributed by atoms with E-state index >= 15 is 0 Å². The van der Waals surface area contributed by atoms with Crippen LogP contribution in [0.1, 0.15) is 22.7 Å². The van der Waals surface area contributed by atoms with E-state index in [1.807, 2.05) is 37.3 Å².